The van der Waals surface area contributed by atoms with Crippen LogP contribution in [-0.4, -0.2) is 66.8 Å². The number of aromatic nitrogens is 6. The first-order valence-electron chi connectivity index (χ1n) is 13.3. The molecule has 0 saturated carbocycles. The second kappa shape index (κ2) is 18.0. The molecular weight excluding hydrogens is 797 g/mol. The lowest BCUT2D eigenvalue weighted by Gasteiger charge is -2.14. The van der Waals surface area contributed by atoms with Crippen LogP contribution in [0.4, 0.5) is 0 Å². The first-order valence-corrected chi connectivity index (χ1v) is 17.9. The fraction of sp³-hybridized carbons (Fsp3) is 0.161. The summed E-state index contributed by atoms with van der Waals surface area (Å²) in [5.74, 6) is 2.35. The normalized spacial score (nSPS) is 10.6. The quantitative estimate of drug-likeness (QED) is 0.116. The Hall–Kier alpha value is -3.69. The molecule has 6 aromatic rings. The predicted molar refractivity (Wildman–Crippen MR) is 199 cm³/mol. The van der Waals surface area contributed by atoms with Gasteiger partial charge in [0.1, 0.15) is 23.0 Å². The Balaban J connectivity index is 0.000000235. The van der Waals surface area contributed by atoms with E-state index >= 15 is 0 Å². The number of hydrogen-bond acceptors (Lipinski definition) is 12. The van der Waals surface area contributed by atoms with Gasteiger partial charge in [-0.25, -0.2) is 19.9 Å². The predicted octanol–water partition coefficient (Wildman–Crippen LogP) is 9.38. The molecule has 0 aliphatic heterocycles. The maximum Gasteiger partial charge on any atom is 0.317 e. The lowest BCUT2D eigenvalue weighted by Crippen LogP contribution is -1.94. The van der Waals surface area contributed by atoms with Crippen LogP contribution in [0.25, 0.3) is 44.3 Å². The van der Waals surface area contributed by atoms with Crippen LogP contribution in [0.5, 0.6) is 23.0 Å². The van der Waals surface area contributed by atoms with Crippen LogP contribution in [0.15, 0.2) is 61.2 Å². The van der Waals surface area contributed by atoms with E-state index in [1.54, 1.807) is 45.1 Å². The molecule has 0 aliphatic carbocycles. The van der Waals surface area contributed by atoms with E-state index in [0.29, 0.717) is 49.4 Å². The zero-order valence-electron chi connectivity index (χ0n) is 25.6. The molecule has 4 aromatic heterocycles. The molecular formula is C31H26Cl6N6O6S. The first-order chi connectivity index (χ1) is 23.2. The fourth-order valence-electron chi connectivity index (χ4n) is 4.21. The zero-order valence-corrected chi connectivity index (χ0v) is 30.9. The van der Waals surface area contributed by atoms with Gasteiger partial charge in [-0.1, -0.05) is 30.6 Å². The molecule has 0 spiro atoms. The topological polar surface area (TPSA) is 148 Å². The number of fused-ring (bicyclic) bond motifs is 2. The molecule has 0 radical (unpaired) electrons. The van der Waals surface area contributed by atoms with Gasteiger partial charge in [0.25, 0.3) is 0 Å². The number of ether oxygens (including phenoxy) is 4. The van der Waals surface area contributed by atoms with Gasteiger partial charge in [0.2, 0.25) is 10.6 Å². The molecule has 4 heterocycles. The summed E-state index contributed by atoms with van der Waals surface area (Å²) in [6, 6.07) is 11.1. The van der Waals surface area contributed by atoms with Crippen molar-refractivity contribution in [2.24, 2.45) is 0 Å². The number of nitrogens with zero attached hydrogens (tertiary/aromatic N) is 6. The van der Waals surface area contributed by atoms with E-state index in [2.05, 4.69) is 51.3 Å². The van der Waals surface area contributed by atoms with E-state index in [0.717, 1.165) is 28.0 Å². The monoisotopic (exact) mass is 820 g/mol. The summed E-state index contributed by atoms with van der Waals surface area (Å²) in [6.07, 6.45) is 6.58. The van der Waals surface area contributed by atoms with Gasteiger partial charge >= 0.3 is 8.26 Å². The van der Waals surface area contributed by atoms with E-state index in [4.69, 9.17) is 73.8 Å². The second-order valence-electron chi connectivity index (χ2n) is 9.32. The zero-order chi connectivity index (χ0) is 35.9. The van der Waals surface area contributed by atoms with Crippen LogP contribution in [0.2, 0.25) is 20.6 Å². The molecule has 0 atom stereocenters. The fourth-order valence-corrected chi connectivity index (χ4v) is 5.19. The minimum Gasteiger partial charge on any atom is -0.497 e. The summed E-state index contributed by atoms with van der Waals surface area (Å²) in [7, 11) is 11.1. The molecule has 0 fully saturated rings. The van der Waals surface area contributed by atoms with Crippen LogP contribution >= 0.6 is 67.8 Å². The van der Waals surface area contributed by atoms with Crippen molar-refractivity contribution in [1.29, 1.82) is 0 Å². The summed E-state index contributed by atoms with van der Waals surface area (Å²) < 4.78 is 39.4. The third kappa shape index (κ3) is 10.7. The van der Waals surface area contributed by atoms with E-state index in [1.807, 2.05) is 30.3 Å². The molecule has 0 amide bonds. The van der Waals surface area contributed by atoms with Crippen molar-refractivity contribution in [1.82, 2.24) is 29.9 Å². The second-order valence-corrected chi connectivity index (χ2v) is 14.4. The number of methoxy groups -OCH3 is 4. The Morgan fingerprint density at radius 2 is 0.960 bits per heavy atom. The largest absolute Gasteiger partial charge is 0.497 e. The van der Waals surface area contributed by atoms with Crippen molar-refractivity contribution < 1.29 is 27.4 Å². The molecule has 0 N–H and O–H groups in total. The van der Waals surface area contributed by atoms with Gasteiger partial charge in [0.05, 0.1) is 38.5 Å². The standard InChI is InChI=1S/C15H10Cl3N3O2.C15H12ClN3O2.CH4.Cl2O2S/c1-22-9-4-10(23-2)13(17)11(12(9)16)7-3-8-6-20-15(18)21-14(8)19-5-7;1-20-12-4-9(5-13(6-12)21-2)10-3-11-8-18-15(16)19-14(11)17-7-10;;1-5(2,3)4/h3-6H,1-2H3;3-8H,1-2H3;1H4;. The van der Waals surface area contributed by atoms with Gasteiger partial charge in [0, 0.05) is 85.7 Å². The highest BCUT2D eigenvalue weighted by Gasteiger charge is 2.19. The highest BCUT2D eigenvalue weighted by molar-refractivity contribution is 8.31. The number of pyridine rings is 2. The molecule has 0 bridgehead atoms. The van der Waals surface area contributed by atoms with Crippen LogP contribution in [0.1, 0.15) is 7.43 Å². The number of rotatable bonds is 6. The summed E-state index contributed by atoms with van der Waals surface area (Å²) in [5, 5.41) is 2.59. The molecule has 0 saturated heterocycles. The van der Waals surface area contributed by atoms with Gasteiger partial charge in [-0.3, -0.25) is 0 Å². The molecule has 2 aromatic carbocycles. The molecule has 19 heteroatoms. The van der Waals surface area contributed by atoms with E-state index in [9.17, 15) is 0 Å². The van der Waals surface area contributed by atoms with Gasteiger partial charge < -0.3 is 18.9 Å². The third-order valence-electron chi connectivity index (χ3n) is 6.35. The van der Waals surface area contributed by atoms with Crippen LogP contribution in [0, 0.1) is 0 Å². The Labute approximate surface area is 316 Å². The molecule has 264 valence electrons. The SMILES string of the molecule is C.COc1cc(OC)c(Cl)c(-c2cnc3nc(Cl)ncc3c2)c1Cl.COc1cc(OC)cc(-c2cnc3nc(Cl)ncc3c2)c1.O=S(=O)(Cl)Cl. The Bertz CT molecular complexity index is 2190. The minimum absolute atomic E-state index is 0. The summed E-state index contributed by atoms with van der Waals surface area (Å²) in [6.45, 7) is 0. The van der Waals surface area contributed by atoms with Crippen LogP contribution in [0.3, 0.4) is 0 Å². The van der Waals surface area contributed by atoms with E-state index in [1.165, 1.54) is 14.2 Å². The molecule has 6 rings (SSSR count). The molecule has 50 heavy (non-hydrogen) atoms. The molecule has 0 aliphatic rings. The minimum atomic E-state index is -3.72. The number of halogens is 6. The Morgan fingerprint density at radius 3 is 1.38 bits per heavy atom. The van der Waals surface area contributed by atoms with E-state index in [-0.39, 0.29) is 18.0 Å². The lowest BCUT2D eigenvalue weighted by atomic mass is 10.1. The molecule has 0 unspecified atom stereocenters. The summed E-state index contributed by atoms with van der Waals surface area (Å²) in [5.41, 5.74) is 4.16. The van der Waals surface area contributed by atoms with Gasteiger partial charge in [-0.05, 0) is 53.0 Å². The Morgan fingerprint density at radius 1 is 0.540 bits per heavy atom. The van der Waals surface area contributed by atoms with Crippen molar-refractivity contribution in [2.75, 3.05) is 28.4 Å². The van der Waals surface area contributed by atoms with Gasteiger partial charge in [-0.2, -0.15) is 18.4 Å². The Kier molecular flexibility index (Phi) is 14.7. The van der Waals surface area contributed by atoms with Gasteiger partial charge in [0.15, 0.2) is 11.3 Å². The van der Waals surface area contributed by atoms with Crippen molar-refractivity contribution in [3.05, 3.63) is 81.8 Å². The van der Waals surface area contributed by atoms with Crippen molar-refractivity contribution in [2.45, 2.75) is 7.43 Å². The lowest BCUT2D eigenvalue weighted by molar-refractivity contribution is 0.394. The maximum absolute atomic E-state index is 9.16. The maximum atomic E-state index is 9.16. The van der Waals surface area contributed by atoms with Crippen molar-refractivity contribution in [3.63, 3.8) is 0 Å². The average Bonchev–Trinajstić information content (AvgIpc) is 3.07. The van der Waals surface area contributed by atoms with Gasteiger partial charge in [-0.15, -0.1) is 0 Å². The number of benzene rings is 2. The van der Waals surface area contributed by atoms with E-state index < -0.39 is 8.26 Å². The first kappa shape index (κ1) is 40.7. The summed E-state index contributed by atoms with van der Waals surface area (Å²) in [4.78, 5) is 24.6. The summed E-state index contributed by atoms with van der Waals surface area (Å²) >= 11 is 24.3. The highest BCUT2D eigenvalue weighted by Crippen LogP contribution is 2.46. The highest BCUT2D eigenvalue weighted by atomic mass is 36.0. The van der Waals surface area contributed by atoms with Crippen LogP contribution < -0.4 is 18.9 Å². The van der Waals surface area contributed by atoms with Crippen LogP contribution in [-0.2, 0) is 8.26 Å². The third-order valence-corrected chi connectivity index (χ3v) is 7.47. The molecule has 12 nitrogen and oxygen atoms in total. The van der Waals surface area contributed by atoms with Crippen molar-refractivity contribution in [3.8, 4) is 45.3 Å². The average molecular weight is 823 g/mol. The number of hydrogen-bond donors (Lipinski definition) is 0. The van der Waals surface area contributed by atoms with Crippen molar-refractivity contribution >= 4 is 98.1 Å². The smallest absolute Gasteiger partial charge is 0.317 e.